The third kappa shape index (κ3) is 3.35. The predicted octanol–water partition coefficient (Wildman–Crippen LogP) is 5.77. The summed E-state index contributed by atoms with van der Waals surface area (Å²) in [4.78, 5) is 4.26. The first-order valence-electron chi connectivity index (χ1n) is 9.40. The lowest BCUT2D eigenvalue weighted by Gasteiger charge is -2.31. The largest absolute Gasteiger partial charge is 0.496 e. The molecule has 1 unspecified atom stereocenters. The normalized spacial score (nSPS) is 18.8. The summed E-state index contributed by atoms with van der Waals surface area (Å²) in [6, 6.07) is 4.12. The van der Waals surface area contributed by atoms with Crippen LogP contribution in [0.25, 0.3) is 6.08 Å². The molecule has 1 aromatic heterocycles. The number of hydrogen-bond donors (Lipinski definition) is 0. The monoisotopic (exact) mass is 351 g/mol. The summed E-state index contributed by atoms with van der Waals surface area (Å²) in [5.41, 5.74) is 7.48. The molecule has 0 aliphatic heterocycles. The second kappa shape index (κ2) is 7.94. The van der Waals surface area contributed by atoms with E-state index in [0.717, 1.165) is 24.3 Å². The molecule has 0 spiro atoms. The zero-order valence-electron chi connectivity index (χ0n) is 16.6. The van der Waals surface area contributed by atoms with Crippen molar-refractivity contribution in [2.45, 2.75) is 52.4 Å². The van der Waals surface area contributed by atoms with Crippen LogP contribution in [0.2, 0.25) is 0 Å². The molecule has 1 fully saturated rings. The molecule has 138 valence electrons. The van der Waals surface area contributed by atoms with Crippen LogP contribution in [-0.4, -0.2) is 19.2 Å². The highest BCUT2D eigenvalue weighted by Crippen LogP contribution is 2.48. The van der Waals surface area contributed by atoms with Gasteiger partial charge in [-0.1, -0.05) is 24.1 Å². The van der Waals surface area contributed by atoms with Gasteiger partial charge < -0.3 is 9.47 Å². The Bertz CT molecular complexity index is 809. The van der Waals surface area contributed by atoms with Gasteiger partial charge in [-0.2, -0.15) is 0 Å². The Labute approximate surface area is 157 Å². The highest BCUT2D eigenvalue weighted by Gasteiger charge is 2.29. The maximum absolute atomic E-state index is 5.89. The van der Waals surface area contributed by atoms with Crippen LogP contribution in [0.5, 0.6) is 11.5 Å². The van der Waals surface area contributed by atoms with Gasteiger partial charge in [-0.3, -0.25) is 4.98 Å². The van der Waals surface area contributed by atoms with Gasteiger partial charge in [-0.25, -0.2) is 0 Å². The second-order valence-electron chi connectivity index (χ2n) is 7.16. The SMILES string of the molecule is COc1c(C)c(C)c(OC)c(C2CCCCC2=Cc2cccnc2)c1C. The van der Waals surface area contributed by atoms with Crippen LogP contribution in [0, 0.1) is 20.8 Å². The summed E-state index contributed by atoms with van der Waals surface area (Å²) < 4.78 is 11.7. The van der Waals surface area contributed by atoms with E-state index in [1.807, 2.05) is 18.5 Å². The fraction of sp³-hybridized carbons (Fsp3) is 0.435. The summed E-state index contributed by atoms with van der Waals surface area (Å²) >= 11 is 0. The van der Waals surface area contributed by atoms with Gasteiger partial charge in [-0.15, -0.1) is 0 Å². The first-order valence-corrected chi connectivity index (χ1v) is 9.40. The molecule has 3 nitrogen and oxygen atoms in total. The first kappa shape index (κ1) is 18.5. The van der Waals surface area contributed by atoms with Crippen LogP contribution in [0.15, 0.2) is 30.1 Å². The van der Waals surface area contributed by atoms with Gasteiger partial charge in [0.2, 0.25) is 0 Å². The van der Waals surface area contributed by atoms with Crippen LogP contribution in [0.4, 0.5) is 0 Å². The lowest BCUT2D eigenvalue weighted by molar-refractivity contribution is 0.385. The van der Waals surface area contributed by atoms with Crippen LogP contribution in [0.1, 0.15) is 59.4 Å². The van der Waals surface area contributed by atoms with Gasteiger partial charge in [0.25, 0.3) is 0 Å². The first-order chi connectivity index (χ1) is 12.6. The molecule has 1 saturated carbocycles. The minimum absolute atomic E-state index is 0.368. The fourth-order valence-electron chi connectivity index (χ4n) is 4.32. The molecule has 26 heavy (non-hydrogen) atoms. The topological polar surface area (TPSA) is 31.4 Å². The van der Waals surface area contributed by atoms with Crippen molar-refractivity contribution in [3.8, 4) is 11.5 Å². The lowest BCUT2D eigenvalue weighted by Crippen LogP contribution is -2.13. The van der Waals surface area contributed by atoms with Crippen molar-refractivity contribution >= 4 is 6.08 Å². The van der Waals surface area contributed by atoms with Crippen molar-refractivity contribution in [2.24, 2.45) is 0 Å². The van der Waals surface area contributed by atoms with Gasteiger partial charge in [0.15, 0.2) is 0 Å². The Hall–Kier alpha value is -2.29. The minimum atomic E-state index is 0.368. The molecule has 1 aliphatic carbocycles. The summed E-state index contributed by atoms with van der Waals surface area (Å²) in [7, 11) is 3.54. The van der Waals surface area contributed by atoms with Crippen molar-refractivity contribution < 1.29 is 9.47 Å². The maximum atomic E-state index is 5.89. The van der Waals surface area contributed by atoms with Gasteiger partial charge >= 0.3 is 0 Å². The van der Waals surface area contributed by atoms with Gasteiger partial charge in [0.05, 0.1) is 14.2 Å². The lowest BCUT2D eigenvalue weighted by atomic mass is 9.76. The number of ether oxygens (including phenoxy) is 2. The Morgan fingerprint density at radius 3 is 2.38 bits per heavy atom. The zero-order chi connectivity index (χ0) is 18.7. The smallest absolute Gasteiger partial charge is 0.126 e. The highest BCUT2D eigenvalue weighted by atomic mass is 16.5. The third-order valence-corrected chi connectivity index (χ3v) is 5.68. The van der Waals surface area contributed by atoms with Crippen LogP contribution >= 0.6 is 0 Å². The number of pyridine rings is 1. The molecular weight excluding hydrogens is 322 g/mol. The molecule has 3 rings (SSSR count). The second-order valence-corrected chi connectivity index (χ2v) is 7.16. The van der Waals surface area contributed by atoms with Gasteiger partial charge in [-0.05, 0) is 68.4 Å². The molecule has 0 radical (unpaired) electrons. The highest BCUT2D eigenvalue weighted by molar-refractivity contribution is 5.63. The van der Waals surface area contributed by atoms with E-state index in [4.69, 9.17) is 9.47 Å². The summed E-state index contributed by atoms with van der Waals surface area (Å²) in [5.74, 6) is 2.38. The van der Waals surface area contributed by atoms with E-state index < -0.39 is 0 Å². The van der Waals surface area contributed by atoms with Crippen molar-refractivity contribution in [1.29, 1.82) is 0 Å². The molecule has 1 aliphatic rings. The molecule has 0 N–H and O–H groups in total. The molecule has 1 heterocycles. The molecule has 1 aromatic carbocycles. The quantitative estimate of drug-likeness (QED) is 0.701. The summed E-state index contributed by atoms with van der Waals surface area (Å²) in [6.07, 6.45) is 10.8. The van der Waals surface area contributed by atoms with Crippen molar-refractivity contribution in [3.63, 3.8) is 0 Å². The maximum Gasteiger partial charge on any atom is 0.126 e. The van der Waals surface area contributed by atoms with Crippen molar-refractivity contribution in [3.05, 3.63) is 57.9 Å². The van der Waals surface area contributed by atoms with Crippen LogP contribution < -0.4 is 9.47 Å². The zero-order valence-corrected chi connectivity index (χ0v) is 16.6. The third-order valence-electron chi connectivity index (χ3n) is 5.68. The van der Waals surface area contributed by atoms with Crippen LogP contribution in [0.3, 0.4) is 0 Å². The van der Waals surface area contributed by atoms with E-state index in [-0.39, 0.29) is 0 Å². The molecule has 1 atom stereocenters. The standard InChI is InChI=1S/C23H29NO2/c1-15-16(2)23(26-5)21(17(3)22(15)25-4)20-11-7-6-10-19(20)13-18-9-8-12-24-14-18/h8-9,12-14,20H,6-7,10-11H2,1-5H3. The molecule has 3 heteroatoms. The summed E-state index contributed by atoms with van der Waals surface area (Å²) in [5, 5.41) is 0. The molecule has 0 amide bonds. The molecule has 2 aromatic rings. The fourth-order valence-corrected chi connectivity index (χ4v) is 4.32. The molecule has 0 saturated heterocycles. The van der Waals surface area contributed by atoms with Gasteiger partial charge in [0, 0.05) is 23.9 Å². The number of nitrogens with zero attached hydrogens (tertiary/aromatic N) is 1. The van der Waals surface area contributed by atoms with Crippen molar-refractivity contribution in [1.82, 2.24) is 4.98 Å². The predicted molar refractivity (Wildman–Crippen MR) is 107 cm³/mol. The average molecular weight is 351 g/mol. The number of allylic oxidation sites excluding steroid dienone is 1. The molecule has 0 bridgehead atoms. The van der Waals surface area contributed by atoms with E-state index in [2.05, 4.69) is 37.9 Å². The Morgan fingerprint density at radius 1 is 1.00 bits per heavy atom. The summed E-state index contributed by atoms with van der Waals surface area (Å²) in [6.45, 7) is 6.41. The van der Waals surface area contributed by atoms with E-state index >= 15 is 0 Å². The number of benzene rings is 1. The van der Waals surface area contributed by atoms with E-state index in [0.29, 0.717) is 5.92 Å². The average Bonchev–Trinajstić information content (AvgIpc) is 2.66. The van der Waals surface area contributed by atoms with E-state index in [9.17, 15) is 0 Å². The van der Waals surface area contributed by atoms with Gasteiger partial charge in [0.1, 0.15) is 11.5 Å². The number of hydrogen-bond acceptors (Lipinski definition) is 3. The Morgan fingerprint density at radius 2 is 1.73 bits per heavy atom. The van der Waals surface area contributed by atoms with Crippen LogP contribution in [-0.2, 0) is 0 Å². The Balaban J connectivity index is 2.16. The molecular formula is C23H29NO2. The number of methoxy groups -OCH3 is 2. The van der Waals surface area contributed by atoms with E-state index in [1.165, 1.54) is 46.2 Å². The number of rotatable bonds is 4. The van der Waals surface area contributed by atoms with Crippen molar-refractivity contribution in [2.75, 3.05) is 14.2 Å². The van der Waals surface area contributed by atoms with E-state index in [1.54, 1.807) is 14.2 Å². The number of aromatic nitrogens is 1. The Kier molecular flexibility index (Phi) is 5.65. The minimum Gasteiger partial charge on any atom is -0.496 e.